The number of nitrogens with one attached hydrogen (secondary N) is 1. The van der Waals surface area contributed by atoms with Crippen molar-refractivity contribution in [3.8, 4) is 0 Å². The number of benzene rings is 1. The van der Waals surface area contributed by atoms with Gasteiger partial charge in [0.25, 0.3) is 0 Å². The Hall–Kier alpha value is -2.50. The molecule has 27 heavy (non-hydrogen) atoms. The van der Waals surface area contributed by atoms with Crippen LogP contribution in [-0.2, 0) is 19.3 Å². The molecule has 3 aromatic heterocycles. The van der Waals surface area contributed by atoms with E-state index in [9.17, 15) is 4.39 Å². The highest BCUT2D eigenvalue weighted by atomic mass is 35.5. The summed E-state index contributed by atoms with van der Waals surface area (Å²) in [5, 5.41) is 2.15. The van der Waals surface area contributed by atoms with Gasteiger partial charge in [-0.25, -0.2) is 19.3 Å². The second kappa shape index (κ2) is 7.62. The Kier molecular flexibility index (Phi) is 5.05. The Bertz CT molecular complexity index is 1090. The molecule has 0 amide bonds. The highest BCUT2D eigenvalue weighted by molar-refractivity contribution is 6.31. The van der Waals surface area contributed by atoms with Gasteiger partial charge in [0.05, 0.1) is 5.02 Å². The van der Waals surface area contributed by atoms with Gasteiger partial charge in [-0.1, -0.05) is 23.2 Å². The number of halogens is 3. The van der Waals surface area contributed by atoms with Crippen LogP contribution in [0.25, 0.3) is 11.0 Å². The lowest BCUT2D eigenvalue weighted by Gasteiger charge is -2.05. The molecule has 1 N–H and O–H groups in total. The molecule has 0 fully saturated rings. The van der Waals surface area contributed by atoms with Gasteiger partial charge in [-0.2, -0.15) is 0 Å². The maximum absolute atomic E-state index is 13.3. The molecule has 7 heteroatoms. The van der Waals surface area contributed by atoms with Gasteiger partial charge in [0, 0.05) is 48.0 Å². The summed E-state index contributed by atoms with van der Waals surface area (Å²) in [6.07, 6.45) is 9.02. The first-order valence-electron chi connectivity index (χ1n) is 8.44. The third kappa shape index (κ3) is 4.10. The number of H-pyrrole nitrogens is 1. The fourth-order valence-corrected chi connectivity index (χ4v) is 3.35. The largest absolute Gasteiger partial charge is 0.346 e. The summed E-state index contributed by atoms with van der Waals surface area (Å²) in [6, 6.07) is 6.27. The lowest BCUT2D eigenvalue weighted by atomic mass is 10.1. The Balaban J connectivity index is 1.45. The van der Waals surface area contributed by atoms with Crippen LogP contribution in [0.1, 0.15) is 22.5 Å². The van der Waals surface area contributed by atoms with Gasteiger partial charge in [0.15, 0.2) is 0 Å². The number of fused-ring (bicyclic) bond motifs is 1. The number of nitrogens with zero attached hydrogens (tertiary/aromatic N) is 3. The minimum Gasteiger partial charge on any atom is -0.346 e. The number of aromatic nitrogens is 4. The second-order valence-electron chi connectivity index (χ2n) is 6.28. The van der Waals surface area contributed by atoms with E-state index in [4.69, 9.17) is 23.2 Å². The van der Waals surface area contributed by atoms with Crippen LogP contribution in [0.2, 0.25) is 10.0 Å². The fourth-order valence-electron chi connectivity index (χ4n) is 2.98. The third-order valence-corrected chi connectivity index (χ3v) is 4.94. The minimum absolute atomic E-state index is 0.293. The zero-order valence-electron chi connectivity index (χ0n) is 14.2. The first kappa shape index (κ1) is 17.9. The molecular formula is C20H15Cl2FN4. The lowest BCUT2D eigenvalue weighted by molar-refractivity contribution is 0.625. The van der Waals surface area contributed by atoms with Gasteiger partial charge in [0.1, 0.15) is 17.3 Å². The number of aryl methyl sites for hydroxylation is 2. The van der Waals surface area contributed by atoms with E-state index < -0.39 is 0 Å². The molecule has 4 aromatic rings. The summed E-state index contributed by atoms with van der Waals surface area (Å²) in [5.41, 5.74) is 3.64. The highest BCUT2D eigenvalue weighted by Crippen LogP contribution is 2.22. The molecule has 0 unspecified atom stereocenters. The first-order valence-corrected chi connectivity index (χ1v) is 9.19. The van der Waals surface area contributed by atoms with Crippen LogP contribution in [0.5, 0.6) is 0 Å². The molecule has 0 bridgehead atoms. The van der Waals surface area contributed by atoms with E-state index in [0.29, 0.717) is 35.1 Å². The van der Waals surface area contributed by atoms with Crippen molar-refractivity contribution in [2.75, 3.05) is 0 Å². The Morgan fingerprint density at radius 2 is 1.74 bits per heavy atom. The van der Waals surface area contributed by atoms with Crippen LogP contribution in [0.4, 0.5) is 4.39 Å². The molecule has 0 saturated heterocycles. The van der Waals surface area contributed by atoms with Crippen molar-refractivity contribution >= 4 is 34.2 Å². The third-order valence-electron chi connectivity index (χ3n) is 4.36. The van der Waals surface area contributed by atoms with E-state index in [0.717, 1.165) is 27.7 Å². The first-order chi connectivity index (χ1) is 13.1. The summed E-state index contributed by atoms with van der Waals surface area (Å²) >= 11 is 12.1. The quantitative estimate of drug-likeness (QED) is 0.502. The van der Waals surface area contributed by atoms with Gasteiger partial charge in [-0.05, 0) is 47.4 Å². The fraction of sp³-hybridized carbons (Fsp3) is 0.150. The Morgan fingerprint density at radius 3 is 2.56 bits per heavy atom. The van der Waals surface area contributed by atoms with Crippen LogP contribution in [-0.4, -0.2) is 19.9 Å². The van der Waals surface area contributed by atoms with E-state index in [-0.39, 0.29) is 5.82 Å². The number of hydrogen-bond acceptors (Lipinski definition) is 3. The molecular weight excluding hydrogens is 386 g/mol. The summed E-state index contributed by atoms with van der Waals surface area (Å²) in [5.74, 6) is 0.404. The van der Waals surface area contributed by atoms with Gasteiger partial charge in [-0.15, -0.1) is 0 Å². The van der Waals surface area contributed by atoms with E-state index in [1.54, 1.807) is 12.3 Å². The summed E-state index contributed by atoms with van der Waals surface area (Å²) in [7, 11) is 0. The number of rotatable bonds is 5. The molecule has 1 aromatic carbocycles. The van der Waals surface area contributed by atoms with Crippen molar-refractivity contribution in [1.29, 1.82) is 0 Å². The van der Waals surface area contributed by atoms with Crippen LogP contribution in [0.3, 0.4) is 0 Å². The molecule has 0 aliphatic heterocycles. The SMILES string of the molecule is Fc1ccc(Cl)c(CCc2ncc(Cc3c[nH]c4ncc(Cl)cc34)cn2)c1. The van der Waals surface area contributed by atoms with Crippen molar-refractivity contribution in [2.24, 2.45) is 0 Å². The van der Waals surface area contributed by atoms with Crippen molar-refractivity contribution in [3.05, 3.63) is 87.4 Å². The second-order valence-corrected chi connectivity index (χ2v) is 7.13. The molecule has 0 spiro atoms. The van der Waals surface area contributed by atoms with E-state index in [1.165, 1.54) is 12.1 Å². The predicted octanol–water partition coefficient (Wildman–Crippen LogP) is 5.17. The average Bonchev–Trinajstić information content (AvgIpc) is 3.05. The summed E-state index contributed by atoms with van der Waals surface area (Å²) < 4.78 is 13.3. The maximum atomic E-state index is 13.3. The van der Waals surface area contributed by atoms with Gasteiger partial charge >= 0.3 is 0 Å². The van der Waals surface area contributed by atoms with Crippen molar-refractivity contribution in [3.63, 3.8) is 0 Å². The Labute approximate surface area is 165 Å². The Morgan fingerprint density at radius 1 is 0.926 bits per heavy atom. The van der Waals surface area contributed by atoms with Crippen LogP contribution >= 0.6 is 23.2 Å². The zero-order chi connectivity index (χ0) is 18.8. The predicted molar refractivity (Wildman–Crippen MR) is 105 cm³/mol. The number of aromatic amines is 1. The van der Waals surface area contributed by atoms with E-state index >= 15 is 0 Å². The molecule has 0 atom stereocenters. The molecule has 0 aliphatic carbocycles. The molecule has 0 radical (unpaired) electrons. The maximum Gasteiger partial charge on any atom is 0.137 e. The van der Waals surface area contributed by atoms with Crippen molar-refractivity contribution in [1.82, 2.24) is 19.9 Å². The molecule has 4 nitrogen and oxygen atoms in total. The van der Waals surface area contributed by atoms with Crippen LogP contribution < -0.4 is 0 Å². The topological polar surface area (TPSA) is 54.5 Å². The van der Waals surface area contributed by atoms with Gasteiger partial charge in [-0.3, -0.25) is 0 Å². The van der Waals surface area contributed by atoms with Gasteiger partial charge < -0.3 is 4.98 Å². The highest BCUT2D eigenvalue weighted by Gasteiger charge is 2.08. The summed E-state index contributed by atoms with van der Waals surface area (Å²) in [6.45, 7) is 0. The van der Waals surface area contributed by atoms with Crippen molar-refractivity contribution in [2.45, 2.75) is 19.3 Å². The average molecular weight is 401 g/mol. The van der Waals surface area contributed by atoms with Gasteiger partial charge in [0.2, 0.25) is 0 Å². The number of hydrogen-bond donors (Lipinski definition) is 1. The standard InChI is InChI=1S/C20H15Cl2FN4/c21-15-7-17-14(10-26-20(17)27-11-15)5-12-8-24-19(25-9-12)4-1-13-6-16(23)2-3-18(13)22/h2-3,6-11H,1,4-5H2,(H,26,27). The molecule has 3 heterocycles. The minimum atomic E-state index is -0.293. The van der Waals surface area contributed by atoms with Crippen LogP contribution in [0, 0.1) is 5.82 Å². The van der Waals surface area contributed by atoms with Crippen molar-refractivity contribution < 1.29 is 4.39 Å². The van der Waals surface area contributed by atoms with E-state index in [1.807, 2.05) is 24.7 Å². The number of pyridine rings is 1. The molecule has 136 valence electrons. The smallest absolute Gasteiger partial charge is 0.137 e. The van der Waals surface area contributed by atoms with Crippen LogP contribution in [0.15, 0.2) is 49.1 Å². The van der Waals surface area contributed by atoms with E-state index in [2.05, 4.69) is 19.9 Å². The lowest BCUT2D eigenvalue weighted by Crippen LogP contribution is -2.00. The summed E-state index contributed by atoms with van der Waals surface area (Å²) in [4.78, 5) is 16.3. The zero-order valence-corrected chi connectivity index (χ0v) is 15.7. The normalized spacial score (nSPS) is 11.2. The monoisotopic (exact) mass is 400 g/mol. The molecule has 0 aliphatic rings. The molecule has 4 rings (SSSR count). The molecule has 0 saturated carbocycles.